The summed E-state index contributed by atoms with van der Waals surface area (Å²) >= 11 is 1.64. The molecule has 4 rings (SSSR count). The zero-order valence-electron chi connectivity index (χ0n) is 12.4. The number of rotatable bonds is 3. The number of hydrogen-bond donors (Lipinski definition) is 0. The molecule has 1 aliphatic rings. The number of aromatic nitrogens is 2. The first-order chi connectivity index (χ1) is 10.8. The highest BCUT2D eigenvalue weighted by atomic mass is 32.1. The molecule has 0 amide bonds. The molecule has 3 heterocycles. The van der Waals surface area contributed by atoms with Crippen LogP contribution >= 0.6 is 11.3 Å². The van der Waals surface area contributed by atoms with Crippen LogP contribution in [0.2, 0.25) is 0 Å². The summed E-state index contributed by atoms with van der Waals surface area (Å²) in [6.07, 6.45) is 2.29. The van der Waals surface area contributed by atoms with Crippen LogP contribution in [-0.4, -0.2) is 16.2 Å². The summed E-state index contributed by atoms with van der Waals surface area (Å²) in [5.74, 6) is 1.35. The van der Waals surface area contributed by atoms with Crippen molar-refractivity contribution in [1.29, 1.82) is 0 Å². The number of thiophene rings is 1. The molecule has 0 bridgehead atoms. The summed E-state index contributed by atoms with van der Waals surface area (Å²) in [7, 11) is 0. The molecule has 3 aromatic rings. The first-order valence-electron chi connectivity index (χ1n) is 7.51. The molecule has 1 aromatic carbocycles. The Bertz CT molecular complexity index is 766. The molecule has 0 aliphatic carbocycles. The van der Waals surface area contributed by atoms with Crippen molar-refractivity contribution in [2.75, 3.05) is 4.90 Å². The molecule has 4 nitrogen and oxygen atoms in total. The largest absolute Gasteiger partial charge is 0.359 e. The fourth-order valence-corrected chi connectivity index (χ4v) is 3.61. The average Bonchev–Trinajstić information content (AvgIpc) is 3.21. The van der Waals surface area contributed by atoms with Gasteiger partial charge in [0.2, 0.25) is 11.7 Å². The van der Waals surface area contributed by atoms with Crippen LogP contribution < -0.4 is 4.90 Å². The predicted molar refractivity (Wildman–Crippen MR) is 88.0 cm³/mol. The van der Waals surface area contributed by atoms with Gasteiger partial charge in [-0.3, -0.25) is 0 Å². The molecular formula is C17H17N3OS. The van der Waals surface area contributed by atoms with Gasteiger partial charge in [0.05, 0.1) is 6.54 Å². The Balaban J connectivity index is 1.61. The van der Waals surface area contributed by atoms with Crippen LogP contribution in [0.1, 0.15) is 24.8 Å². The number of anilines is 1. The molecule has 0 radical (unpaired) electrons. The molecule has 1 aliphatic heterocycles. The van der Waals surface area contributed by atoms with E-state index in [1.165, 1.54) is 11.3 Å². The minimum absolute atomic E-state index is 0.478. The Morgan fingerprint density at radius 2 is 2.23 bits per heavy atom. The van der Waals surface area contributed by atoms with Gasteiger partial charge in [0.25, 0.3) is 0 Å². The maximum atomic E-state index is 5.46. The first kappa shape index (κ1) is 13.5. The summed E-state index contributed by atoms with van der Waals surface area (Å²) in [4.78, 5) is 6.91. The summed E-state index contributed by atoms with van der Waals surface area (Å²) in [6.45, 7) is 2.92. The van der Waals surface area contributed by atoms with E-state index in [1.807, 2.05) is 16.8 Å². The number of hydrogen-bond acceptors (Lipinski definition) is 5. The van der Waals surface area contributed by atoms with Crippen molar-refractivity contribution in [2.24, 2.45) is 0 Å². The Labute approximate surface area is 133 Å². The molecule has 0 fully saturated rings. The van der Waals surface area contributed by atoms with E-state index >= 15 is 0 Å². The number of aryl methyl sites for hydroxylation is 1. The van der Waals surface area contributed by atoms with E-state index in [9.17, 15) is 0 Å². The highest BCUT2D eigenvalue weighted by Crippen LogP contribution is 2.31. The van der Waals surface area contributed by atoms with Gasteiger partial charge in [-0.15, -0.1) is 0 Å². The number of nitrogens with zero attached hydrogens (tertiary/aromatic N) is 3. The van der Waals surface area contributed by atoms with Crippen molar-refractivity contribution >= 4 is 17.0 Å². The van der Waals surface area contributed by atoms with E-state index in [0.717, 1.165) is 18.4 Å². The minimum Gasteiger partial charge on any atom is -0.359 e. The predicted octanol–water partition coefficient (Wildman–Crippen LogP) is 4.14. The van der Waals surface area contributed by atoms with Gasteiger partial charge in [0, 0.05) is 22.7 Å². The molecule has 2 aromatic heterocycles. The average molecular weight is 311 g/mol. The molecule has 0 N–H and O–H groups in total. The van der Waals surface area contributed by atoms with Crippen molar-refractivity contribution in [2.45, 2.75) is 32.4 Å². The van der Waals surface area contributed by atoms with Crippen LogP contribution in [0.4, 0.5) is 5.69 Å². The lowest BCUT2D eigenvalue weighted by molar-refractivity contribution is 0.369. The van der Waals surface area contributed by atoms with E-state index in [4.69, 9.17) is 4.52 Å². The van der Waals surface area contributed by atoms with E-state index in [0.29, 0.717) is 24.3 Å². The lowest BCUT2D eigenvalue weighted by atomic mass is 9.97. The van der Waals surface area contributed by atoms with Crippen LogP contribution in [0.5, 0.6) is 0 Å². The normalized spacial score (nSPS) is 17.5. The molecule has 112 valence electrons. The van der Waals surface area contributed by atoms with Crippen LogP contribution in [-0.2, 0) is 13.0 Å². The zero-order valence-corrected chi connectivity index (χ0v) is 13.2. The van der Waals surface area contributed by atoms with E-state index < -0.39 is 0 Å². The second-order valence-corrected chi connectivity index (χ2v) is 6.45. The number of benzene rings is 1. The zero-order chi connectivity index (χ0) is 14.9. The maximum absolute atomic E-state index is 5.46. The second kappa shape index (κ2) is 5.57. The Hall–Kier alpha value is -2.14. The Kier molecular flexibility index (Phi) is 3.42. The molecule has 0 spiro atoms. The maximum Gasteiger partial charge on any atom is 0.246 e. The minimum atomic E-state index is 0.478. The van der Waals surface area contributed by atoms with Crippen LogP contribution in [0.15, 0.2) is 45.6 Å². The number of fused-ring (bicyclic) bond motifs is 1. The SMILES string of the molecule is C[C@@H]1CCc2ccccc2N1Cc1nc(-c2ccsc2)no1. The van der Waals surface area contributed by atoms with Crippen molar-refractivity contribution in [1.82, 2.24) is 10.1 Å². The summed E-state index contributed by atoms with van der Waals surface area (Å²) in [6, 6.07) is 11.1. The standard InChI is InChI=1S/C17H17N3OS/c1-12-6-7-13-4-2-3-5-15(13)20(12)10-16-18-17(19-21-16)14-8-9-22-11-14/h2-5,8-9,11-12H,6-7,10H2,1H3/t12-/m1/s1. The lowest BCUT2D eigenvalue weighted by Gasteiger charge is -2.36. The van der Waals surface area contributed by atoms with Gasteiger partial charge in [-0.2, -0.15) is 16.3 Å². The smallest absolute Gasteiger partial charge is 0.246 e. The molecule has 0 saturated heterocycles. The topological polar surface area (TPSA) is 42.2 Å². The van der Waals surface area contributed by atoms with Gasteiger partial charge in [0.1, 0.15) is 0 Å². The monoisotopic (exact) mass is 311 g/mol. The highest BCUT2D eigenvalue weighted by molar-refractivity contribution is 7.08. The van der Waals surface area contributed by atoms with Crippen LogP contribution in [0.3, 0.4) is 0 Å². The summed E-state index contributed by atoms with van der Waals surface area (Å²) < 4.78 is 5.46. The van der Waals surface area contributed by atoms with Crippen molar-refractivity contribution < 1.29 is 4.52 Å². The van der Waals surface area contributed by atoms with Gasteiger partial charge >= 0.3 is 0 Å². The van der Waals surface area contributed by atoms with Gasteiger partial charge < -0.3 is 9.42 Å². The van der Waals surface area contributed by atoms with Crippen LogP contribution in [0, 0.1) is 0 Å². The third-order valence-corrected chi connectivity index (χ3v) is 4.90. The molecule has 22 heavy (non-hydrogen) atoms. The third kappa shape index (κ3) is 2.41. The Morgan fingerprint density at radius 3 is 3.09 bits per heavy atom. The van der Waals surface area contributed by atoms with E-state index in [-0.39, 0.29) is 0 Å². The quantitative estimate of drug-likeness (QED) is 0.729. The summed E-state index contributed by atoms with van der Waals surface area (Å²) in [5, 5.41) is 8.16. The van der Waals surface area contributed by atoms with Crippen molar-refractivity contribution in [3.05, 3.63) is 52.5 Å². The van der Waals surface area contributed by atoms with Gasteiger partial charge in [-0.05, 0) is 42.8 Å². The molecule has 5 heteroatoms. The van der Waals surface area contributed by atoms with E-state index in [1.54, 1.807) is 11.3 Å². The highest BCUT2D eigenvalue weighted by Gasteiger charge is 2.24. The molecule has 0 unspecified atom stereocenters. The van der Waals surface area contributed by atoms with Gasteiger partial charge in [-0.1, -0.05) is 23.4 Å². The van der Waals surface area contributed by atoms with Crippen molar-refractivity contribution in [3.8, 4) is 11.4 Å². The van der Waals surface area contributed by atoms with Crippen molar-refractivity contribution in [3.63, 3.8) is 0 Å². The Morgan fingerprint density at radius 1 is 1.32 bits per heavy atom. The lowest BCUT2D eigenvalue weighted by Crippen LogP contribution is -2.36. The molecule has 0 saturated carbocycles. The molecular weight excluding hydrogens is 294 g/mol. The second-order valence-electron chi connectivity index (χ2n) is 5.67. The summed E-state index contributed by atoms with van der Waals surface area (Å²) in [5.41, 5.74) is 3.71. The first-order valence-corrected chi connectivity index (χ1v) is 8.45. The van der Waals surface area contributed by atoms with Gasteiger partial charge in [0.15, 0.2) is 0 Å². The number of para-hydroxylation sites is 1. The van der Waals surface area contributed by atoms with E-state index in [2.05, 4.69) is 46.2 Å². The third-order valence-electron chi connectivity index (χ3n) is 4.22. The van der Waals surface area contributed by atoms with Gasteiger partial charge in [-0.25, -0.2) is 0 Å². The fourth-order valence-electron chi connectivity index (χ4n) is 2.97. The van der Waals surface area contributed by atoms with Crippen LogP contribution in [0.25, 0.3) is 11.4 Å². The molecule has 1 atom stereocenters. The fraction of sp³-hybridized carbons (Fsp3) is 0.294.